The van der Waals surface area contributed by atoms with Crippen LogP contribution in [0, 0.1) is 0 Å². The van der Waals surface area contributed by atoms with Crippen LogP contribution in [-0.2, 0) is 52.6 Å². The Kier molecular flexibility index (Phi) is 9.73. The van der Waals surface area contributed by atoms with E-state index in [4.69, 9.17) is 9.47 Å². The van der Waals surface area contributed by atoms with Crippen LogP contribution in [0.4, 0.5) is 36.8 Å². The maximum atomic E-state index is 13.4. The number of fused-ring (bicyclic) bond motifs is 1. The molecule has 0 radical (unpaired) electrons. The Morgan fingerprint density at radius 2 is 1.54 bits per heavy atom. The summed E-state index contributed by atoms with van der Waals surface area (Å²) in [7, 11) is 1.08. The van der Waals surface area contributed by atoms with Crippen molar-refractivity contribution in [2.24, 2.45) is 0 Å². The number of esters is 1. The van der Waals surface area contributed by atoms with Crippen molar-refractivity contribution in [3.63, 3.8) is 0 Å². The quantitative estimate of drug-likeness (QED) is 0.198. The molecular formula is C27H30F6N2O4. The molecule has 0 fully saturated rings. The molecule has 6 nitrogen and oxygen atoms in total. The van der Waals surface area contributed by atoms with E-state index in [1.807, 2.05) is 12.1 Å². The summed E-state index contributed by atoms with van der Waals surface area (Å²) in [5, 5.41) is 3.24. The van der Waals surface area contributed by atoms with E-state index in [0.29, 0.717) is 36.3 Å². The number of carbonyl (C=O) groups is 2. The summed E-state index contributed by atoms with van der Waals surface area (Å²) < 4.78 is 89.9. The molecule has 1 aliphatic rings. The Hall–Kier alpha value is -3.44. The minimum absolute atomic E-state index is 0.0464. The lowest BCUT2D eigenvalue weighted by molar-refractivity contribution is -0.144. The van der Waals surface area contributed by atoms with Crippen LogP contribution in [0.5, 0.6) is 0 Å². The molecule has 0 atom stereocenters. The molecule has 0 aromatic heterocycles. The molecular weight excluding hydrogens is 530 g/mol. The number of nitrogens with one attached hydrogen (secondary N) is 1. The second-order valence-electron chi connectivity index (χ2n) is 9.21. The Morgan fingerprint density at radius 3 is 2.10 bits per heavy atom. The zero-order valence-corrected chi connectivity index (χ0v) is 21.6. The van der Waals surface area contributed by atoms with Gasteiger partial charge in [0.1, 0.15) is 0 Å². The average molecular weight is 561 g/mol. The van der Waals surface area contributed by atoms with E-state index >= 15 is 0 Å². The first-order valence-corrected chi connectivity index (χ1v) is 12.5. The van der Waals surface area contributed by atoms with Gasteiger partial charge < -0.3 is 14.8 Å². The Labute approximate surface area is 222 Å². The van der Waals surface area contributed by atoms with E-state index in [-0.39, 0.29) is 37.2 Å². The fourth-order valence-corrected chi connectivity index (χ4v) is 4.51. The van der Waals surface area contributed by atoms with Gasteiger partial charge in [0, 0.05) is 25.2 Å². The molecule has 3 rings (SSSR count). The van der Waals surface area contributed by atoms with E-state index in [2.05, 4.69) is 5.32 Å². The standard InChI is InChI=1S/C27H30F6N2O4/c1-3-39-24(36)8-5-9-34-23-13-19-7-4-6-18(19)12-20(23)16-35(25(37)38-2)15-17-10-21(26(28,29)30)14-22(11-17)27(31,32)33/h10-14,34H,3-9,15-16H2,1-2H3. The molecule has 1 amide bonds. The van der Waals surface area contributed by atoms with Gasteiger partial charge in [-0.2, -0.15) is 26.3 Å². The summed E-state index contributed by atoms with van der Waals surface area (Å²) in [6.45, 7) is 1.73. The topological polar surface area (TPSA) is 67.9 Å². The highest BCUT2D eigenvalue weighted by Gasteiger charge is 2.37. The summed E-state index contributed by atoms with van der Waals surface area (Å²) in [6, 6.07) is 5.07. The fraction of sp³-hybridized carbons (Fsp3) is 0.481. The number of hydrogen-bond acceptors (Lipinski definition) is 5. The molecule has 214 valence electrons. The SMILES string of the molecule is CCOC(=O)CCCNc1cc2c(cc1CN(Cc1cc(C(F)(F)F)cc(C(F)(F)F)c1)C(=O)OC)CCC2. The minimum Gasteiger partial charge on any atom is -0.466 e. The molecule has 1 N–H and O–H groups in total. The third-order valence-electron chi connectivity index (χ3n) is 6.31. The highest BCUT2D eigenvalue weighted by atomic mass is 19.4. The molecule has 0 unspecified atom stereocenters. The number of amides is 1. The van der Waals surface area contributed by atoms with E-state index in [1.54, 1.807) is 6.92 Å². The first kappa shape index (κ1) is 30.1. The van der Waals surface area contributed by atoms with Gasteiger partial charge in [0.2, 0.25) is 0 Å². The molecule has 0 saturated heterocycles. The van der Waals surface area contributed by atoms with E-state index in [0.717, 1.165) is 42.4 Å². The van der Waals surface area contributed by atoms with Crippen LogP contribution in [0.25, 0.3) is 0 Å². The van der Waals surface area contributed by atoms with E-state index < -0.39 is 36.1 Å². The minimum atomic E-state index is -5.01. The van der Waals surface area contributed by atoms with Crippen LogP contribution in [-0.4, -0.2) is 37.2 Å². The van der Waals surface area contributed by atoms with Gasteiger partial charge in [0.05, 0.1) is 31.4 Å². The highest BCUT2D eigenvalue weighted by Crippen LogP contribution is 2.37. The Bertz CT molecular complexity index is 1150. The Balaban J connectivity index is 1.89. The van der Waals surface area contributed by atoms with Crippen molar-refractivity contribution < 1.29 is 45.4 Å². The van der Waals surface area contributed by atoms with Crippen molar-refractivity contribution in [1.82, 2.24) is 4.90 Å². The lowest BCUT2D eigenvalue weighted by Gasteiger charge is -2.25. The number of aryl methyl sites for hydroxylation is 2. The summed E-state index contributed by atoms with van der Waals surface area (Å²) in [4.78, 5) is 25.3. The van der Waals surface area contributed by atoms with Gasteiger partial charge in [0.15, 0.2) is 0 Å². The first-order chi connectivity index (χ1) is 18.3. The molecule has 0 spiro atoms. The number of halogens is 6. The lowest BCUT2D eigenvalue weighted by Crippen LogP contribution is -2.30. The number of alkyl halides is 6. The molecule has 0 heterocycles. The number of carbonyl (C=O) groups excluding carboxylic acids is 2. The number of nitrogens with zero attached hydrogens (tertiary/aromatic N) is 1. The second kappa shape index (κ2) is 12.6. The van der Waals surface area contributed by atoms with Crippen LogP contribution < -0.4 is 5.32 Å². The van der Waals surface area contributed by atoms with Crippen molar-refractivity contribution >= 4 is 17.7 Å². The molecule has 0 saturated carbocycles. The third-order valence-corrected chi connectivity index (χ3v) is 6.31. The van der Waals surface area contributed by atoms with E-state index in [1.165, 1.54) is 0 Å². The monoisotopic (exact) mass is 560 g/mol. The molecule has 0 bridgehead atoms. The van der Waals surface area contributed by atoms with Crippen molar-refractivity contribution in [2.45, 2.75) is 64.5 Å². The second-order valence-corrected chi connectivity index (χ2v) is 9.21. The molecule has 2 aromatic carbocycles. The smallest absolute Gasteiger partial charge is 0.416 e. The van der Waals surface area contributed by atoms with Gasteiger partial charge >= 0.3 is 24.4 Å². The predicted octanol–water partition coefficient (Wildman–Crippen LogP) is 6.74. The Morgan fingerprint density at radius 1 is 0.923 bits per heavy atom. The van der Waals surface area contributed by atoms with Crippen LogP contribution in [0.1, 0.15) is 59.6 Å². The van der Waals surface area contributed by atoms with Gasteiger partial charge in [-0.05, 0) is 79.1 Å². The molecule has 1 aliphatic carbocycles. The van der Waals surface area contributed by atoms with Gasteiger partial charge in [-0.25, -0.2) is 4.79 Å². The van der Waals surface area contributed by atoms with E-state index in [9.17, 15) is 35.9 Å². The van der Waals surface area contributed by atoms with Gasteiger partial charge in [0.25, 0.3) is 0 Å². The van der Waals surface area contributed by atoms with Crippen LogP contribution in [0.3, 0.4) is 0 Å². The molecule has 12 heteroatoms. The number of anilines is 1. The number of hydrogen-bond donors (Lipinski definition) is 1. The number of ether oxygens (including phenoxy) is 2. The first-order valence-electron chi connectivity index (χ1n) is 12.5. The molecule has 39 heavy (non-hydrogen) atoms. The normalized spacial score (nSPS) is 13.1. The summed E-state index contributed by atoms with van der Waals surface area (Å²) >= 11 is 0. The summed E-state index contributed by atoms with van der Waals surface area (Å²) in [5.74, 6) is -0.329. The zero-order valence-electron chi connectivity index (χ0n) is 21.6. The molecule has 2 aromatic rings. The van der Waals surface area contributed by atoms with Crippen LogP contribution in [0.2, 0.25) is 0 Å². The number of methoxy groups -OCH3 is 1. The van der Waals surface area contributed by atoms with Crippen molar-refractivity contribution in [3.05, 3.63) is 63.7 Å². The highest BCUT2D eigenvalue weighted by molar-refractivity contribution is 5.69. The number of benzene rings is 2. The largest absolute Gasteiger partial charge is 0.466 e. The van der Waals surface area contributed by atoms with Crippen molar-refractivity contribution in [3.8, 4) is 0 Å². The third kappa shape index (κ3) is 8.27. The van der Waals surface area contributed by atoms with Crippen molar-refractivity contribution in [2.75, 3.05) is 25.6 Å². The lowest BCUT2D eigenvalue weighted by atomic mass is 10.0. The summed E-state index contributed by atoms with van der Waals surface area (Å²) in [5.41, 5.74) is 0.202. The average Bonchev–Trinajstić information content (AvgIpc) is 3.32. The summed E-state index contributed by atoms with van der Waals surface area (Å²) in [6.07, 6.45) is -7.64. The van der Waals surface area contributed by atoms with Gasteiger partial charge in [-0.3, -0.25) is 9.69 Å². The van der Waals surface area contributed by atoms with Crippen LogP contribution >= 0.6 is 0 Å². The number of rotatable bonds is 10. The van der Waals surface area contributed by atoms with Crippen LogP contribution in [0.15, 0.2) is 30.3 Å². The zero-order chi connectivity index (χ0) is 28.8. The van der Waals surface area contributed by atoms with Gasteiger partial charge in [-0.15, -0.1) is 0 Å². The van der Waals surface area contributed by atoms with Crippen molar-refractivity contribution in [1.29, 1.82) is 0 Å². The van der Waals surface area contributed by atoms with Gasteiger partial charge in [-0.1, -0.05) is 6.07 Å². The predicted molar refractivity (Wildman–Crippen MR) is 131 cm³/mol. The maximum Gasteiger partial charge on any atom is 0.416 e. The maximum absolute atomic E-state index is 13.4. The fourth-order valence-electron chi connectivity index (χ4n) is 4.51. The molecule has 0 aliphatic heterocycles.